The van der Waals surface area contributed by atoms with Gasteiger partial charge in [0, 0.05) is 23.6 Å². The molecule has 1 N–H and O–H groups in total. The van der Waals surface area contributed by atoms with E-state index in [1.54, 1.807) is 31.2 Å². The normalized spacial score (nSPS) is 11.7. The monoisotopic (exact) mass is 391 g/mol. The average Bonchev–Trinajstić information content (AvgIpc) is 3.07. The van der Waals surface area contributed by atoms with Gasteiger partial charge in [-0.2, -0.15) is 0 Å². The molecule has 4 aromatic rings. The predicted molar refractivity (Wildman–Crippen MR) is 112 cm³/mol. The quantitative estimate of drug-likeness (QED) is 0.547. The van der Waals surface area contributed by atoms with Crippen molar-refractivity contribution < 1.29 is 8.42 Å². The molecule has 0 radical (unpaired) electrons. The number of fused-ring (bicyclic) bond motifs is 1. The van der Waals surface area contributed by atoms with Crippen LogP contribution in [0.3, 0.4) is 0 Å². The average molecular weight is 391 g/mol. The number of rotatable bonds is 4. The second-order valence-electron chi connectivity index (χ2n) is 7.00. The first-order chi connectivity index (χ1) is 13.3. The lowest BCUT2D eigenvalue weighted by molar-refractivity contribution is 0.600. The number of nitrogens with zero attached hydrogens (tertiary/aromatic N) is 2. The minimum Gasteiger partial charge on any atom is -0.306 e. The lowest BCUT2D eigenvalue weighted by atomic mass is 10.1. The number of sulfonamides is 1. The van der Waals surface area contributed by atoms with E-state index in [9.17, 15) is 8.42 Å². The van der Waals surface area contributed by atoms with Gasteiger partial charge < -0.3 is 4.40 Å². The summed E-state index contributed by atoms with van der Waals surface area (Å²) in [4.78, 5) is 4.97. The number of imidazole rings is 1. The van der Waals surface area contributed by atoms with Crippen LogP contribution in [0.15, 0.2) is 71.9 Å². The number of aromatic nitrogens is 2. The topological polar surface area (TPSA) is 63.5 Å². The molecular weight excluding hydrogens is 370 g/mol. The molecule has 0 unspecified atom stereocenters. The maximum Gasteiger partial charge on any atom is 0.262 e. The van der Waals surface area contributed by atoms with E-state index >= 15 is 0 Å². The fraction of sp³-hybridized carbons (Fsp3) is 0.136. The molecule has 0 amide bonds. The van der Waals surface area contributed by atoms with Gasteiger partial charge >= 0.3 is 0 Å². The molecule has 0 aliphatic heterocycles. The molecule has 0 aliphatic carbocycles. The Kier molecular flexibility index (Phi) is 4.43. The Balaban J connectivity index is 1.61. The summed E-state index contributed by atoms with van der Waals surface area (Å²) in [5, 5.41) is 0. The smallest absolute Gasteiger partial charge is 0.262 e. The fourth-order valence-electron chi connectivity index (χ4n) is 3.31. The molecule has 4 rings (SSSR count). The van der Waals surface area contributed by atoms with Crippen molar-refractivity contribution in [3.8, 4) is 11.3 Å². The summed E-state index contributed by atoms with van der Waals surface area (Å²) in [6.45, 7) is 5.77. The highest BCUT2D eigenvalue weighted by Gasteiger charge is 2.17. The van der Waals surface area contributed by atoms with Crippen LogP contribution in [-0.4, -0.2) is 17.8 Å². The molecule has 0 atom stereocenters. The third-order valence-corrected chi connectivity index (χ3v) is 6.27. The second-order valence-corrected chi connectivity index (χ2v) is 8.65. The summed E-state index contributed by atoms with van der Waals surface area (Å²) in [7, 11) is -3.63. The van der Waals surface area contributed by atoms with Crippen LogP contribution in [0.25, 0.3) is 16.9 Å². The van der Waals surface area contributed by atoms with Crippen molar-refractivity contribution in [2.45, 2.75) is 25.7 Å². The summed E-state index contributed by atoms with van der Waals surface area (Å²) in [5.41, 5.74) is 6.07. The molecule has 0 fully saturated rings. The van der Waals surface area contributed by atoms with Crippen molar-refractivity contribution in [2.75, 3.05) is 4.72 Å². The predicted octanol–water partition coefficient (Wildman–Crippen LogP) is 4.73. The molecule has 5 nitrogen and oxygen atoms in total. The summed E-state index contributed by atoms with van der Waals surface area (Å²) in [6, 6.07) is 16.6. The van der Waals surface area contributed by atoms with Crippen LogP contribution >= 0.6 is 0 Å². The maximum absolute atomic E-state index is 12.7. The van der Waals surface area contributed by atoms with E-state index in [1.807, 2.05) is 61.0 Å². The van der Waals surface area contributed by atoms with E-state index in [2.05, 4.69) is 9.71 Å². The molecule has 0 bridgehead atoms. The number of benzene rings is 2. The molecule has 28 heavy (non-hydrogen) atoms. The summed E-state index contributed by atoms with van der Waals surface area (Å²) in [5.74, 6) is 0. The van der Waals surface area contributed by atoms with Crippen molar-refractivity contribution in [3.63, 3.8) is 0 Å². The van der Waals surface area contributed by atoms with Crippen molar-refractivity contribution in [1.82, 2.24) is 9.38 Å². The maximum atomic E-state index is 12.7. The Morgan fingerprint density at radius 2 is 1.68 bits per heavy atom. The molecule has 0 spiro atoms. The van der Waals surface area contributed by atoms with Gasteiger partial charge in [-0.25, -0.2) is 13.4 Å². The number of anilines is 1. The van der Waals surface area contributed by atoms with E-state index in [1.165, 1.54) is 0 Å². The first-order valence-corrected chi connectivity index (χ1v) is 10.5. The van der Waals surface area contributed by atoms with Gasteiger partial charge in [-0.05, 0) is 56.2 Å². The highest BCUT2D eigenvalue weighted by Crippen LogP contribution is 2.24. The second kappa shape index (κ2) is 6.80. The van der Waals surface area contributed by atoms with Gasteiger partial charge in [0.2, 0.25) is 0 Å². The number of hydrogen-bond acceptors (Lipinski definition) is 3. The van der Waals surface area contributed by atoms with Gasteiger partial charge in [0.15, 0.2) is 0 Å². The van der Waals surface area contributed by atoms with Crippen LogP contribution in [-0.2, 0) is 10.0 Å². The highest BCUT2D eigenvalue weighted by atomic mass is 32.2. The zero-order valence-electron chi connectivity index (χ0n) is 16.0. The van der Waals surface area contributed by atoms with Crippen LogP contribution in [0.1, 0.15) is 16.7 Å². The largest absolute Gasteiger partial charge is 0.306 e. The Morgan fingerprint density at radius 3 is 2.36 bits per heavy atom. The number of nitrogens with one attached hydrogen (secondary N) is 1. The number of aryl methyl sites for hydroxylation is 3. The molecular formula is C22H21N3O2S. The molecule has 6 heteroatoms. The first-order valence-electron chi connectivity index (χ1n) is 8.98. The van der Waals surface area contributed by atoms with E-state index in [0.29, 0.717) is 5.69 Å². The van der Waals surface area contributed by atoms with Crippen LogP contribution in [0, 0.1) is 20.8 Å². The molecule has 0 saturated carbocycles. The van der Waals surface area contributed by atoms with Gasteiger partial charge in [-0.3, -0.25) is 4.72 Å². The van der Waals surface area contributed by atoms with Crippen molar-refractivity contribution in [2.24, 2.45) is 0 Å². The fourth-order valence-corrected chi connectivity index (χ4v) is 4.60. The van der Waals surface area contributed by atoms with E-state index in [-0.39, 0.29) is 4.90 Å². The van der Waals surface area contributed by atoms with Crippen molar-refractivity contribution >= 4 is 21.4 Å². The minimum absolute atomic E-state index is 0.290. The molecule has 142 valence electrons. The van der Waals surface area contributed by atoms with Gasteiger partial charge in [-0.1, -0.05) is 35.9 Å². The van der Waals surface area contributed by atoms with Crippen LogP contribution < -0.4 is 4.72 Å². The Labute approximate surface area is 164 Å². The van der Waals surface area contributed by atoms with E-state index in [4.69, 9.17) is 0 Å². The number of hydrogen-bond donors (Lipinski definition) is 1. The van der Waals surface area contributed by atoms with Crippen LogP contribution in [0.5, 0.6) is 0 Å². The molecule has 0 aliphatic rings. The summed E-state index contributed by atoms with van der Waals surface area (Å²) >= 11 is 0. The lowest BCUT2D eigenvalue weighted by Gasteiger charge is -2.11. The van der Waals surface area contributed by atoms with E-state index in [0.717, 1.165) is 33.6 Å². The third kappa shape index (κ3) is 3.39. The molecule has 2 aromatic heterocycles. The molecule has 2 heterocycles. The first kappa shape index (κ1) is 18.3. The summed E-state index contributed by atoms with van der Waals surface area (Å²) in [6.07, 6.45) is 3.93. The van der Waals surface area contributed by atoms with Gasteiger partial charge in [0.25, 0.3) is 10.0 Å². The Bertz CT molecular complexity index is 1270. The number of pyridine rings is 1. The van der Waals surface area contributed by atoms with Crippen molar-refractivity contribution in [1.29, 1.82) is 0 Å². The Hall–Kier alpha value is -3.12. The van der Waals surface area contributed by atoms with Gasteiger partial charge in [0.05, 0.1) is 10.6 Å². The minimum atomic E-state index is -3.63. The van der Waals surface area contributed by atoms with E-state index < -0.39 is 10.0 Å². The Morgan fingerprint density at radius 1 is 0.929 bits per heavy atom. The third-order valence-electron chi connectivity index (χ3n) is 4.73. The lowest BCUT2D eigenvalue weighted by Crippen LogP contribution is -2.14. The molecule has 2 aromatic carbocycles. The highest BCUT2D eigenvalue weighted by molar-refractivity contribution is 7.92. The van der Waals surface area contributed by atoms with Gasteiger partial charge in [-0.15, -0.1) is 0 Å². The standard InChI is InChI=1S/C22H21N3O2S/c1-15-6-11-21(17(3)13-15)28(26,27)24-19-9-7-18(8-10-19)20-14-25-12-4-5-16(2)22(25)23-20/h4-14,24H,1-3H3. The summed E-state index contributed by atoms with van der Waals surface area (Å²) < 4.78 is 30.1. The van der Waals surface area contributed by atoms with Crippen LogP contribution in [0.4, 0.5) is 5.69 Å². The molecule has 0 saturated heterocycles. The van der Waals surface area contributed by atoms with Gasteiger partial charge in [0.1, 0.15) is 5.65 Å². The SMILES string of the molecule is Cc1ccc(S(=O)(=O)Nc2ccc(-c3cn4cccc(C)c4n3)cc2)c(C)c1. The van der Waals surface area contributed by atoms with Crippen LogP contribution in [0.2, 0.25) is 0 Å². The zero-order valence-corrected chi connectivity index (χ0v) is 16.8. The zero-order chi connectivity index (χ0) is 19.9. The van der Waals surface area contributed by atoms with Crippen molar-refractivity contribution in [3.05, 3.63) is 83.7 Å².